The van der Waals surface area contributed by atoms with Crippen molar-refractivity contribution in [2.75, 3.05) is 13.2 Å². The van der Waals surface area contributed by atoms with Crippen LogP contribution in [0.5, 0.6) is 0 Å². The molecule has 0 spiro atoms. The van der Waals surface area contributed by atoms with Crippen molar-refractivity contribution in [2.45, 2.75) is 59.2 Å². The zero-order valence-electron chi connectivity index (χ0n) is 13.3. The van der Waals surface area contributed by atoms with E-state index in [4.69, 9.17) is 9.53 Å². The third kappa shape index (κ3) is 6.71. The maximum Gasteiger partial charge on any atom is 0.191 e. The third-order valence-corrected chi connectivity index (χ3v) is 8.44. The van der Waals surface area contributed by atoms with Crippen molar-refractivity contribution in [3.8, 4) is 0 Å². The summed E-state index contributed by atoms with van der Waals surface area (Å²) in [7, 11) is -1.59. The first-order valence-corrected chi connectivity index (χ1v) is 9.94. The van der Waals surface area contributed by atoms with Gasteiger partial charge in [0.05, 0.1) is 0 Å². The van der Waals surface area contributed by atoms with Crippen LogP contribution in [-0.2, 0) is 4.43 Å². The van der Waals surface area contributed by atoms with Crippen molar-refractivity contribution < 1.29 is 9.53 Å². The van der Waals surface area contributed by atoms with Crippen LogP contribution in [0.25, 0.3) is 0 Å². The lowest BCUT2D eigenvalue weighted by Crippen LogP contribution is -2.41. The fraction of sp³-hybridized carbons (Fsp3) is 0.867. The second-order valence-electron chi connectivity index (χ2n) is 6.92. The van der Waals surface area contributed by atoms with E-state index in [9.17, 15) is 0 Å². The molecule has 0 rings (SSSR count). The van der Waals surface area contributed by atoms with Crippen molar-refractivity contribution in [3.63, 3.8) is 0 Å². The maximum atomic E-state index is 8.95. The molecule has 0 radical (unpaired) electrons. The largest absolute Gasteiger partial charge is 0.417 e. The van der Waals surface area contributed by atoms with Crippen molar-refractivity contribution in [2.24, 2.45) is 11.8 Å². The summed E-state index contributed by atoms with van der Waals surface area (Å²) in [6, 6.07) is 0. The molecule has 0 saturated carbocycles. The first kappa shape index (κ1) is 17.9. The zero-order chi connectivity index (χ0) is 14.4. The molecule has 0 aromatic heterocycles. The van der Waals surface area contributed by atoms with Gasteiger partial charge >= 0.3 is 0 Å². The smallest absolute Gasteiger partial charge is 0.191 e. The first-order chi connectivity index (χ1) is 8.10. The van der Waals surface area contributed by atoms with Gasteiger partial charge in [0, 0.05) is 13.2 Å². The minimum absolute atomic E-state index is 0.226. The Labute approximate surface area is 115 Å². The van der Waals surface area contributed by atoms with Gasteiger partial charge in [0.25, 0.3) is 0 Å². The van der Waals surface area contributed by atoms with Gasteiger partial charge in [-0.25, -0.2) is 0 Å². The van der Waals surface area contributed by atoms with Gasteiger partial charge in [-0.2, -0.15) is 0 Å². The van der Waals surface area contributed by atoms with Crippen LogP contribution in [0, 0.1) is 11.8 Å². The van der Waals surface area contributed by atoms with E-state index in [2.05, 4.69) is 52.9 Å². The topological polar surface area (TPSA) is 29.5 Å². The van der Waals surface area contributed by atoms with Crippen LogP contribution >= 0.6 is 0 Å². The lowest BCUT2D eigenvalue weighted by atomic mass is 10.1. The van der Waals surface area contributed by atoms with Crippen LogP contribution < -0.4 is 0 Å². The number of aliphatic hydroxyl groups is 1. The molecule has 0 unspecified atom stereocenters. The van der Waals surface area contributed by atoms with Gasteiger partial charge in [-0.15, -0.1) is 0 Å². The van der Waals surface area contributed by atoms with Gasteiger partial charge in [-0.3, -0.25) is 0 Å². The molecule has 0 aliphatic rings. The van der Waals surface area contributed by atoms with Crippen molar-refractivity contribution in [3.05, 3.63) is 12.2 Å². The predicted octanol–water partition coefficient (Wildman–Crippen LogP) is 4.22. The van der Waals surface area contributed by atoms with Crippen LogP contribution in [0.15, 0.2) is 12.2 Å². The highest BCUT2D eigenvalue weighted by atomic mass is 28.4. The van der Waals surface area contributed by atoms with E-state index in [1.165, 1.54) is 0 Å². The van der Waals surface area contributed by atoms with Gasteiger partial charge < -0.3 is 9.53 Å². The second-order valence-corrected chi connectivity index (χ2v) is 11.7. The van der Waals surface area contributed by atoms with Crippen molar-refractivity contribution in [1.29, 1.82) is 0 Å². The van der Waals surface area contributed by atoms with E-state index in [0.29, 0.717) is 5.92 Å². The van der Waals surface area contributed by atoms with Gasteiger partial charge in [0.15, 0.2) is 8.32 Å². The number of allylic oxidation sites excluding steroid dienone is 1. The molecule has 0 saturated heterocycles. The Morgan fingerprint density at radius 2 is 1.61 bits per heavy atom. The standard InChI is InChI=1S/C15H32O2Si/c1-13(8-9-14(2)12-16)10-11-17-18(6,7)15(3,4)5/h8-9,13-14,16H,10-12H2,1-7H3/b9-8+/t13-,14-/m1/s1. The highest BCUT2D eigenvalue weighted by molar-refractivity contribution is 6.74. The summed E-state index contributed by atoms with van der Waals surface area (Å²) in [5.74, 6) is 0.775. The number of hydrogen-bond donors (Lipinski definition) is 1. The summed E-state index contributed by atoms with van der Waals surface area (Å²) in [6.45, 7) is 16.7. The molecule has 3 heteroatoms. The molecule has 0 aromatic carbocycles. The Kier molecular flexibility index (Phi) is 7.41. The highest BCUT2D eigenvalue weighted by Gasteiger charge is 2.36. The summed E-state index contributed by atoms with van der Waals surface area (Å²) >= 11 is 0. The van der Waals surface area contributed by atoms with E-state index >= 15 is 0 Å². The molecular weight excluding hydrogens is 240 g/mol. The Hall–Kier alpha value is -0.123. The average Bonchev–Trinajstić information content (AvgIpc) is 2.24. The van der Waals surface area contributed by atoms with Crippen molar-refractivity contribution in [1.82, 2.24) is 0 Å². The molecule has 18 heavy (non-hydrogen) atoms. The predicted molar refractivity (Wildman–Crippen MR) is 82.3 cm³/mol. The lowest BCUT2D eigenvalue weighted by Gasteiger charge is -2.36. The van der Waals surface area contributed by atoms with E-state index in [1.54, 1.807) is 0 Å². The van der Waals surface area contributed by atoms with E-state index in [0.717, 1.165) is 13.0 Å². The molecule has 0 aromatic rings. The zero-order valence-corrected chi connectivity index (χ0v) is 14.3. The van der Waals surface area contributed by atoms with Gasteiger partial charge in [0.1, 0.15) is 0 Å². The fourth-order valence-corrected chi connectivity index (χ4v) is 2.31. The van der Waals surface area contributed by atoms with Crippen LogP contribution in [0.1, 0.15) is 41.0 Å². The molecule has 0 aliphatic carbocycles. The van der Waals surface area contributed by atoms with Crippen LogP contribution in [-0.4, -0.2) is 26.6 Å². The van der Waals surface area contributed by atoms with Gasteiger partial charge in [-0.1, -0.05) is 46.8 Å². The Morgan fingerprint density at radius 1 is 1.11 bits per heavy atom. The minimum atomic E-state index is -1.59. The summed E-state index contributed by atoms with van der Waals surface area (Å²) in [5.41, 5.74) is 0. The molecule has 2 atom stereocenters. The Bertz CT molecular complexity index is 254. The molecule has 0 heterocycles. The second kappa shape index (κ2) is 7.46. The highest BCUT2D eigenvalue weighted by Crippen LogP contribution is 2.36. The number of rotatable bonds is 7. The van der Waals surface area contributed by atoms with Gasteiger partial charge in [-0.05, 0) is 36.4 Å². The van der Waals surface area contributed by atoms with E-state index in [-0.39, 0.29) is 17.6 Å². The molecule has 0 bridgehead atoms. The average molecular weight is 273 g/mol. The summed E-state index contributed by atoms with van der Waals surface area (Å²) in [6.07, 6.45) is 5.34. The van der Waals surface area contributed by atoms with Crippen LogP contribution in [0.4, 0.5) is 0 Å². The SMILES string of the molecule is C[C@H](/C=C/[C@@H](C)CCO[Si](C)(C)C(C)(C)C)CO. The Balaban J connectivity index is 4.02. The van der Waals surface area contributed by atoms with Crippen LogP contribution in [0.2, 0.25) is 18.1 Å². The third-order valence-electron chi connectivity index (χ3n) is 3.90. The number of hydrogen-bond acceptors (Lipinski definition) is 2. The molecule has 0 amide bonds. The quantitative estimate of drug-likeness (QED) is 0.555. The minimum Gasteiger partial charge on any atom is -0.417 e. The maximum absolute atomic E-state index is 8.95. The number of aliphatic hydroxyl groups excluding tert-OH is 1. The summed E-state index contributed by atoms with van der Waals surface area (Å²) in [4.78, 5) is 0. The van der Waals surface area contributed by atoms with E-state index < -0.39 is 8.32 Å². The monoisotopic (exact) mass is 272 g/mol. The normalized spacial score (nSPS) is 17.1. The molecule has 108 valence electrons. The van der Waals surface area contributed by atoms with E-state index in [1.807, 2.05) is 6.92 Å². The van der Waals surface area contributed by atoms with Gasteiger partial charge in [0.2, 0.25) is 0 Å². The van der Waals surface area contributed by atoms with Crippen molar-refractivity contribution >= 4 is 8.32 Å². The molecule has 1 N–H and O–H groups in total. The first-order valence-electron chi connectivity index (χ1n) is 7.03. The lowest BCUT2D eigenvalue weighted by molar-refractivity contribution is 0.260. The molecular formula is C15H32O2Si. The Morgan fingerprint density at radius 3 is 2.06 bits per heavy atom. The summed E-state index contributed by atoms with van der Waals surface area (Å²) in [5, 5.41) is 9.24. The molecule has 2 nitrogen and oxygen atoms in total. The van der Waals surface area contributed by atoms with Crippen LogP contribution in [0.3, 0.4) is 0 Å². The summed E-state index contributed by atoms with van der Waals surface area (Å²) < 4.78 is 6.15. The molecule has 0 fully saturated rings. The fourth-order valence-electron chi connectivity index (χ4n) is 1.25. The molecule has 0 aliphatic heterocycles.